The predicted molar refractivity (Wildman–Crippen MR) is 62.6 cm³/mol. The largest absolute Gasteiger partial charge is 0.303 e. The summed E-state index contributed by atoms with van der Waals surface area (Å²) >= 11 is 0. The molecule has 0 unspecified atom stereocenters. The van der Waals surface area contributed by atoms with Crippen LogP contribution in [0.3, 0.4) is 0 Å². The Hall–Kier alpha value is -0.553. The molecule has 0 heterocycles. The highest BCUT2D eigenvalue weighted by atomic mass is 28.3. The number of carbonyl (C=O) groups is 1. The standard InChI is InChI=1S/C12H20OSi/c1-14(2,3)9-8-11-6-4-5-7-12(11)10-13/h10-12H,4-7H2,1-3H3/t11-,12-/m0/s1. The Morgan fingerprint density at radius 1 is 1.21 bits per heavy atom. The maximum absolute atomic E-state index is 10.8. The number of hydrogen-bond donors (Lipinski definition) is 0. The van der Waals surface area contributed by atoms with Gasteiger partial charge in [-0.25, -0.2) is 0 Å². The summed E-state index contributed by atoms with van der Waals surface area (Å²) in [5, 5.41) is 0. The first-order valence-corrected chi connectivity index (χ1v) is 9.01. The monoisotopic (exact) mass is 208 g/mol. The molecule has 2 atom stereocenters. The van der Waals surface area contributed by atoms with Crippen molar-refractivity contribution in [2.24, 2.45) is 11.8 Å². The van der Waals surface area contributed by atoms with Crippen LogP contribution in [0, 0.1) is 23.3 Å². The molecule has 1 nitrogen and oxygen atoms in total. The van der Waals surface area contributed by atoms with Crippen LogP contribution < -0.4 is 0 Å². The zero-order valence-corrected chi connectivity index (χ0v) is 10.5. The van der Waals surface area contributed by atoms with E-state index in [4.69, 9.17) is 0 Å². The van der Waals surface area contributed by atoms with Gasteiger partial charge in [-0.3, -0.25) is 0 Å². The van der Waals surface area contributed by atoms with Gasteiger partial charge in [-0.05, 0) is 12.8 Å². The lowest BCUT2D eigenvalue weighted by Crippen LogP contribution is -2.22. The molecule has 1 aliphatic rings. The van der Waals surface area contributed by atoms with Crippen LogP contribution in [0.25, 0.3) is 0 Å². The number of carbonyl (C=O) groups excluding carboxylic acids is 1. The van der Waals surface area contributed by atoms with Crippen molar-refractivity contribution in [1.29, 1.82) is 0 Å². The first-order valence-electron chi connectivity index (χ1n) is 5.51. The van der Waals surface area contributed by atoms with Gasteiger partial charge < -0.3 is 4.79 Å². The molecule has 0 aliphatic heterocycles. The van der Waals surface area contributed by atoms with Gasteiger partial charge in [-0.15, -0.1) is 11.5 Å². The lowest BCUT2D eigenvalue weighted by atomic mass is 9.81. The Morgan fingerprint density at radius 2 is 1.86 bits per heavy atom. The van der Waals surface area contributed by atoms with E-state index in [2.05, 4.69) is 31.1 Å². The first-order chi connectivity index (χ1) is 6.53. The fourth-order valence-electron chi connectivity index (χ4n) is 1.81. The molecule has 1 fully saturated rings. The molecule has 1 aliphatic carbocycles. The topological polar surface area (TPSA) is 17.1 Å². The van der Waals surface area contributed by atoms with E-state index in [1.165, 1.54) is 12.8 Å². The van der Waals surface area contributed by atoms with Crippen molar-refractivity contribution in [2.75, 3.05) is 0 Å². The molecule has 0 bridgehead atoms. The zero-order valence-electron chi connectivity index (χ0n) is 9.47. The van der Waals surface area contributed by atoms with Gasteiger partial charge in [0.1, 0.15) is 14.4 Å². The van der Waals surface area contributed by atoms with Gasteiger partial charge in [-0.2, -0.15) is 0 Å². The normalized spacial score (nSPS) is 27.6. The van der Waals surface area contributed by atoms with Crippen LogP contribution in [0.15, 0.2) is 0 Å². The highest BCUT2D eigenvalue weighted by Gasteiger charge is 2.23. The molecular weight excluding hydrogens is 188 g/mol. The second-order valence-corrected chi connectivity index (χ2v) is 9.96. The minimum absolute atomic E-state index is 0.215. The average Bonchev–Trinajstić information content (AvgIpc) is 2.14. The summed E-state index contributed by atoms with van der Waals surface area (Å²) in [6.07, 6.45) is 5.74. The Labute approximate surface area is 88.3 Å². The molecule has 0 N–H and O–H groups in total. The van der Waals surface area contributed by atoms with Gasteiger partial charge in [0.2, 0.25) is 0 Å². The SMILES string of the molecule is C[Si](C)(C)C#C[C@@H]1CCCC[C@H]1C=O. The molecular formula is C12H20OSi. The second kappa shape index (κ2) is 4.79. The van der Waals surface area contributed by atoms with Gasteiger partial charge in [0.25, 0.3) is 0 Å². The molecule has 0 amide bonds. The summed E-state index contributed by atoms with van der Waals surface area (Å²) < 4.78 is 0. The molecule has 0 aromatic carbocycles. The van der Waals surface area contributed by atoms with Crippen molar-refractivity contribution in [3.63, 3.8) is 0 Å². The minimum Gasteiger partial charge on any atom is -0.303 e. The molecule has 1 rings (SSSR count). The fourth-order valence-corrected chi connectivity index (χ4v) is 2.43. The second-order valence-electron chi connectivity index (χ2n) is 5.21. The van der Waals surface area contributed by atoms with Crippen LogP contribution >= 0.6 is 0 Å². The van der Waals surface area contributed by atoms with E-state index in [1.54, 1.807) is 0 Å². The molecule has 0 radical (unpaired) electrons. The fraction of sp³-hybridized carbons (Fsp3) is 0.750. The molecule has 0 saturated heterocycles. The van der Waals surface area contributed by atoms with Crippen LogP contribution in [0.2, 0.25) is 19.6 Å². The lowest BCUT2D eigenvalue weighted by molar-refractivity contribution is -0.112. The van der Waals surface area contributed by atoms with E-state index in [0.29, 0.717) is 5.92 Å². The molecule has 0 aromatic heterocycles. The van der Waals surface area contributed by atoms with Crippen LogP contribution in [-0.4, -0.2) is 14.4 Å². The molecule has 2 heteroatoms. The van der Waals surface area contributed by atoms with Crippen molar-refractivity contribution >= 4 is 14.4 Å². The Morgan fingerprint density at radius 3 is 2.43 bits per heavy atom. The predicted octanol–water partition coefficient (Wildman–Crippen LogP) is 2.87. The van der Waals surface area contributed by atoms with Crippen molar-refractivity contribution in [3.8, 4) is 11.5 Å². The van der Waals surface area contributed by atoms with E-state index in [9.17, 15) is 4.79 Å². The van der Waals surface area contributed by atoms with Crippen molar-refractivity contribution in [2.45, 2.75) is 45.3 Å². The summed E-state index contributed by atoms with van der Waals surface area (Å²) in [7, 11) is -1.26. The lowest BCUT2D eigenvalue weighted by Gasteiger charge is -2.23. The number of hydrogen-bond acceptors (Lipinski definition) is 1. The number of rotatable bonds is 1. The van der Waals surface area contributed by atoms with E-state index >= 15 is 0 Å². The Kier molecular flexibility index (Phi) is 3.94. The molecule has 14 heavy (non-hydrogen) atoms. The first kappa shape index (κ1) is 11.5. The van der Waals surface area contributed by atoms with Gasteiger partial charge >= 0.3 is 0 Å². The maximum atomic E-state index is 10.8. The summed E-state index contributed by atoms with van der Waals surface area (Å²) in [4.78, 5) is 10.8. The van der Waals surface area contributed by atoms with Gasteiger partial charge in [0.15, 0.2) is 0 Å². The van der Waals surface area contributed by atoms with Crippen molar-refractivity contribution in [3.05, 3.63) is 0 Å². The molecule has 1 saturated carbocycles. The highest BCUT2D eigenvalue weighted by molar-refractivity contribution is 6.83. The third-order valence-electron chi connectivity index (χ3n) is 2.63. The van der Waals surface area contributed by atoms with Gasteiger partial charge in [0.05, 0.1) is 0 Å². The summed E-state index contributed by atoms with van der Waals surface area (Å²) in [5.41, 5.74) is 3.39. The van der Waals surface area contributed by atoms with Crippen molar-refractivity contribution in [1.82, 2.24) is 0 Å². The number of aldehydes is 1. The Balaban J connectivity index is 2.64. The van der Waals surface area contributed by atoms with Crippen LogP contribution in [0.4, 0.5) is 0 Å². The molecule has 0 aromatic rings. The van der Waals surface area contributed by atoms with Crippen LogP contribution in [-0.2, 0) is 4.79 Å². The summed E-state index contributed by atoms with van der Waals surface area (Å²) in [6, 6.07) is 0. The smallest absolute Gasteiger partial charge is 0.129 e. The van der Waals surface area contributed by atoms with Crippen LogP contribution in [0.5, 0.6) is 0 Å². The average molecular weight is 208 g/mol. The summed E-state index contributed by atoms with van der Waals surface area (Å²) in [5.74, 6) is 3.91. The van der Waals surface area contributed by atoms with E-state index in [1.807, 2.05) is 0 Å². The van der Waals surface area contributed by atoms with E-state index in [-0.39, 0.29) is 5.92 Å². The van der Waals surface area contributed by atoms with Gasteiger partial charge in [-0.1, -0.05) is 32.5 Å². The minimum atomic E-state index is -1.26. The summed E-state index contributed by atoms with van der Waals surface area (Å²) in [6.45, 7) is 6.75. The van der Waals surface area contributed by atoms with Crippen molar-refractivity contribution < 1.29 is 4.79 Å². The molecule has 78 valence electrons. The maximum Gasteiger partial charge on any atom is 0.129 e. The third kappa shape index (κ3) is 3.67. The quantitative estimate of drug-likeness (QED) is 0.368. The molecule has 0 spiro atoms. The van der Waals surface area contributed by atoms with Crippen LogP contribution in [0.1, 0.15) is 25.7 Å². The zero-order chi connectivity index (χ0) is 10.6. The van der Waals surface area contributed by atoms with Gasteiger partial charge in [0, 0.05) is 11.8 Å². The van der Waals surface area contributed by atoms with E-state index in [0.717, 1.165) is 19.1 Å². The third-order valence-corrected chi connectivity index (χ3v) is 3.52. The Bertz CT molecular complexity index is 254. The van der Waals surface area contributed by atoms with E-state index < -0.39 is 8.07 Å². The highest BCUT2D eigenvalue weighted by Crippen LogP contribution is 2.28.